The molecule has 1 atom stereocenters. The SMILES string of the molecule is CCC1c2cccn2CCN1C(=O)c1ncccc1O. The number of fused-ring (bicyclic) bond motifs is 1. The van der Waals surface area contributed by atoms with Gasteiger partial charge in [-0.05, 0) is 30.7 Å². The summed E-state index contributed by atoms with van der Waals surface area (Å²) in [6, 6.07) is 7.20. The molecule has 0 aromatic carbocycles. The summed E-state index contributed by atoms with van der Waals surface area (Å²) in [5.41, 5.74) is 1.27. The molecule has 0 bridgehead atoms. The number of aromatic nitrogens is 2. The van der Waals surface area contributed by atoms with Crippen LogP contribution in [0.15, 0.2) is 36.7 Å². The fraction of sp³-hybridized carbons (Fsp3) is 0.333. The van der Waals surface area contributed by atoms with Gasteiger partial charge in [-0.1, -0.05) is 6.92 Å². The van der Waals surface area contributed by atoms with Crippen molar-refractivity contribution in [2.45, 2.75) is 25.9 Å². The molecule has 20 heavy (non-hydrogen) atoms. The maximum atomic E-state index is 12.6. The second kappa shape index (κ2) is 5.00. The van der Waals surface area contributed by atoms with Gasteiger partial charge in [-0.25, -0.2) is 4.98 Å². The van der Waals surface area contributed by atoms with Crippen LogP contribution in [-0.4, -0.2) is 32.0 Å². The number of hydrogen-bond donors (Lipinski definition) is 1. The van der Waals surface area contributed by atoms with Crippen molar-refractivity contribution in [3.05, 3.63) is 48.0 Å². The summed E-state index contributed by atoms with van der Waals surface area (Å²) in [4.78, 5) is 18.4. The van der Waals surface area contributed by atoms with Crippen LogP contribution in [0.5, 0.6) is 5.75 Å². The minimum Gasteiger partial charge on any atom is -0.505 e. The van der Waals surface area contributed by atoms with Gasteiger partial charge >= 0.3 is 0 Å². The van der Waals surface area contributed by atoms with Crippen LogP contribution in [0.3, 0.4) is 0 Å². The molecule has 1 amide bonds. The quantitative estimate of drug-likeness (QED) is 0.911. The first-order valence-corrected chi connectivity index (χ1v) is 6.82. The molecule has 0 fully saturated rings. The van der Waals surface area contributed by atoms with Crippen molar-refractivity contribution >= 4 is 5.91 Å². The second-order valence-electron chi connectivity index (χ2n) is 4.92. The number of rotatable bonds is 2. The van der Waals surface area contributed by atoms with Crippen LogP contribution in [-0.2, 0) is 6.54 Å². The average molecular weight is 271 g/mol. The van der Waals surface area contributed by atoms with Crippen LogP contribution < -0.4 is 0 Å². The highest BCUT2D eigenvalue weighted by molar-refractivity contribution is 5.95. The highest BCUT2D eigenvalue weighted by Crippen LogP contribution is 2.30. The van der Waals surface area contributed by atoms with Crippen LogP contribution in [0.1, 0.15) is 35.6 Å². The predicted octanol–water partition coefficient (Wildman–Crippen LogP) is 2.20. The standard InChI is InChI=1S/C15H17N3O2/c1-2-11-12-5-4-8-17(12)9-10-18(11)15(20)14-13(19)6-3-7-16-14/h3-8,11,19H,2,9-10H2,1H3. The third-order valence-corrected chi connectivity index (χ3v) is 3.80. The summed E-state index contributed by atoms with van der Waals surface area (Å²) in [5, 5.41) is 9.81. The van der Waals surface area contributed by atoms with E-state index < -0.39 is 0 Å². The number of nitrogens with zero attached hydrogens (tertiary/aromatic N) is 3. The van der Waals surface area contributed by atoms with Gasteiger partial charge in [0.25, 0.3) is 5.91 Å². The Hall–Kier alpha value is -2.30. The Morgan fingerprint density at radius 1 is 1.40 bits per heavy atom. The first-order valence-electron chi connectivity index (χ1n) is 6.82. The topological polar surface area (TPSA) is 58.4 Å². The minimum absolute atomic E-state index is 0.0349. The fourth-order valence-electron chi connectivity index (χ4n) is 2.83. The number of aromatic hydroxyl groups is 1. The van der Waals surface area contributed by atoms with Crippen LogP contribution in [0.4, 0.5) is 0 Å². The maximum absolute atomic E-state index is 12.6. The third-order valence-electron chi connectivity index (χ3n) is 3.80. The van der Waals surface area contributed by atoms with E-state index in [-0.39, 0.29) is 23.4 Å². The zero-order valence-electron chi connectivity index (χ0n) is 11.4. The Bertz CT molecular complexity index is 636. The van der Waals surface area contributed by atoms with E-state index in [1.807, 2.05) is 18.3 Å². The molecule has 3 rings (SSSR count). The summed E-state index contributed by atoms with van der Waals surface area (Å²) in [6.45, 7) is 3.47. The number of carbonyl (C=O) groups excluding carboxylic acids is 1. The van der Waals surface area contributed by atoms with Gasteiger partial charge < -0.3 is 14.6 Å². The van der Waals surface area contributed by atoms with Crippen LogP contribution in [0.2, 0.25) is 0 Å². The second-order valence-corrected chi connectivity index (χ2v) is 4.92. The van der Waals surface area contributed by atoms with Crippen molar-refractivity contribution < 1.29 is 9.90 Å². The van der Waals surface area contributed by atoms with Gasteiger partial charge in [0, 0.05) is 31.2 Å². The lowest BCUT2D eigenvalue weighted by Gasteiger charge is -2.36. The molecule has 5 nitrogen and oxygen atoms in total. The van der Waals surface area contributed by atoms with Gasteiger partial charge in [-0.15, -0.1) is 0 Å². The average Bonchev–Trinajstić information content (AvgIpc) is 2.94. The fourth-order valence-corrected chi connectivity index (χ4v) is 2.83. The van der Waals surface area contributed by atoms with Gasteiger partial charge in [0.15, 0.2) is 5.69 Å². The maximum Gasteiger partial charge on any atom is 0.276 e. The lowest BCUT2D eigenvalue weighted by Crippen LogP contribution is -2.42. The molecular weight excluding hydrogens is 254 g/mol. The lowest BCUT2D eigenvalue weighted by molar-refractivity contribution is 0.0608. The Labute approximate surface area is 117 Å². The van der Waals surface area contributed by atoms with Crippen molar-refractivity contribution in [2.75, 3.05) is 6.54 Å². The molecule has 1 aliphatic rings. The molecule has 3 heterocycles. The number of pyridine rings is 1. The predicted molar refractivity (Wildman–Crippen MR) is 74.4 cm³/mol. The van der Waals surface area contributed by atoms with E-state index in [4.69, 9.17) is 0 Å². The monoisotopic (exact) mass is 271 g/mol. The summed E-state index contributed by atoms with van der Waals surface area (Å²) in [6.07, 6.45) is 4.40. The van der Waals surface area contributed by atoms with Crippen molar-refractivity contribution in [1.82, 2.24) is 14.5 Å². The van der Waals surface area contributed by atoms with E-state index in [1.165, 1.54) is 12.3 Å². The lowest BCUT2D eigenvalue weighted by atomic mass is 10.1. The number of carbonyl (C=O) groups is 1. The van der Waals surface area contributed by atoms with Gasteiger partial charge in [-0.3, -0.25) is 4.79 Å². The van der Waals surface area contributed by atoms with Crippen molar-refractivity contribution in [3.63, 3.8) is 0 Å². The Kier molecular flexibility index (Phi) is 3.18. The van der Waals surface area contributed by atoms with Crippen LogP contribution in [0.25, 0.3) is 0 Å². The molecule has 0 spiro atoms. The van der Waals surface area contributed by atoms with Crippen molar-refractivity contribution in [1.29, 1.82) is 0 Å². The number of hydrogen-bond acceptors (Lipinski definition) is 3. The first-order chi connectivity index (χ1) is 9.72. The Morgan fingerprint density at radius 2 is 2.25 bits per heavy atom. The van der Waals surface area contributed by atoms with Crippen LogP contribution >= 0.6 is 0 Å². The van der Waals surface area contributed by atoms with E-state index in [2.05, 4.69) is 16.5 Å². The summed E-state index contributed by atoms with van der Waals surface area (Å²) < 4.78 is 2.18. The third kappa shape index (κ3) is 1.95. The zero-order valence-corrected chi connectivity index (χ0v) is 11.4. The molecule has 0 saturated carbocycles. The van der Waals surface area contributed by atoms with E-state index in [0.29, 0.717) is 6.54 Å². The minimum atomic E-state index is -0.206. The first kappa shape index (κ1) is 12.7. The smallest absolute Gasteiger partial charge is 0.276 e. The molecule has 2 aromatic rings. The zero-order chi connectivity index (χ0) is 14.1. The highest BCUT2D eigenvalue weighted by atomic mass is 16.3. The van der Waals surface area contributed by atoms with Gasteiger partial charge in [-0.2, -0.15) is 0 Å². The number of amides is 1. The normalized spacial score (nSPS) is 17.9. The van der Waals surface area contributed by atoms with E-state index in [9.17, 15) is 9.90 Å². The molecule has 2 aromatic heterocycles. The molecule has 5 heteroatoms. The van der Waals surface area contributed by atoms with Gasteiger partial charge in [0.2, 0.25) is 0 Å². The molecule has 1 N–H and O–H groups in total. The summed E-state index contributed by atoms with van der Waals surface area (Å²) >= 11 is 0. The molecule has 1 unspecified atom stereocenters. The summed E-state index contributed by atoms with van der Waals surface area (Å²) in [7, 11) is 0. The Morgan fingerprint density at radius 3 is 3.00 bits per heavy atom. The molecular formula is C15H17N3O2. The van der Waals surface area contributed by atoms with E-state index >= 15 is 0 Å². The molecule has 1 aliphatic heterocycles. The molecule has 104 valence electrons. The van der Waals surface area contributed by atoms with E-state index in [0.717, 1.165) is 18.7 Å². The van der Waals surface area contributed by atoms with Gasteiger partial charge in [0.1, 0.15) is 5.75 Å². The van der Waals surface area contributed by atoms with Crippen molar-refractivity contribution in [3.8, 4) is 5.75 Å². The molecule has 0 saturated heterocycles. The van der Waals surface area contributed by atoms with Crippen LogP contribution in [0, 0.1) is 0 Å². The Balaban J connectivity index is 1.95. The highest BCUT2D eigenvalue weighted by Gasteiger charge is 2.31. The molecule has 0 aliphatic carbocycles. The largest absolute Gasteiger partial charge is 0.505 e. The van der Waals surface area contributed by atoms with Gasteiger partial charge in [0.05, 0.1) is 6.04 Å². The van der Waals surface area contributed by atoms with Crippen molar-refractivity contribution in [2.24, 2.45) is 0 Å². The van der Waals surface area contributed by atoms with E-state index in [1.54, 1.807) is 11.0 Å². The summed E-state index contributed by atoms with van der Waals surface area (Å²) in [5.74, 6) is -0.268. The molecule has 0 radical (unpaired) electrons.